The van der Waals surface area contributed by atoms with Gasteiger partial charge in [0.15, 0.2) is 21.2 Å². The molecule has 31 heavy (non-hydrogen) atoms. The standard InChI is InChI=1S/C22H23F2NO5S/c1-14-5-6-15(2)19(11-14)31(28,29)22(9-3-4-10-22)21(27)30-13-20(26)25-18-12-16(23)7-8-17(18)24/h5-8,11-12H,3-4,9-10,13H2,1-2H3,(H,25,26). The van der Waals surface area contributed by atoms with E-state index in [1.165, 1.54) is 6.07 Å². The first-order chi connectivity index (χ1) is 14.6. The molecule has 1 N–H and O–H groups in total. The zero-order valence-electron chi connectivity index (χ0n) is 17.2. The van der Waals surface area contributed by atoms with Crippen molar-refractivity contribution in [1.82, 2.24) is 0 Å². The van der Waals surface area contributed by atoms with Crippen molar-refractivity contribution in [3.63, 3.8) is 0 Å². The molecule has 9 heteroatoms. The van der Waals surface area contributed by atoms with Crippen LogP contribution < -0.4 is 5.32 Å². The first kappa shape index (κ1) is 22.9. The molecule has 0 aromatic heterocycles. The maximum absolute atomic E-state index is 13.7. The Labute approximate surface area is 179 Å². The average molecular weight is 451 g/mol. The Morgan fingerprint density at radius 2 is 1.74 bits per heavy atom. The molecule has 2 aromatic rings. The van der Waals surface area contributed by atoms with E-state index in [2.05, 4.69) is 5.32 Å². The summed E-state index contributed by atoms with van der Waals surface area (Å²) >= 11 is 0. The highest BCUT2D eigenvalue weighted by Gasteiger charge is 2.54. The minimum Gasteiger partial charge on any atom is -0.454 e. The highest BCUT2D eigenvalue weighted by Crippen LogP contribution is 2.42. The fraction of sp³-hybridized carbons (Fsp3) is 0.364. The molecule has 1 fully saturated rings. The molecule has 6 nitrogen and oxygen atoms in total. The molecule has 2 aromatic carbocycles. The van der Waals surface area contributed by atoms with E-state index in [9.17, 15) is 26.8 Å². The summed E-state index contributed by atoms with van der Waals surface area (Å²) in [6.45, 7) is 2.59. The number of halogens is 2. The van der Waals surface area contributed by atoms with Crippen LogP contribution in [0, 0.1) is 25.5 Å². The molecule has 166 valence electrons. The fourth-order valence-electron chi connectivity index (χ4n) is 3.78. The molecular weight excluding hydrogens is 428 g/mol. The number of hydrogen-bond acceptors (Lipinski definition) is 5. The number of anilines is 1. The van der Waals surface area contributed by atoms with Gasteiger partial charge in [0.25, 0.3) is 5.91 Å². The summed E-state index contributed by atoms with van der Waals surface area (Å²) in [5, 5.41) is 2.12. The minimum absolute atomic E-state index is 0.0673. The van der Waals surface area contributed by atoms with E-state index < -0.39 is 50.4 Å². The number of amides is 1. The van der Waals surface area contributed by atoms with Gasteiger partial charge >= 0.3 is 5.97 Å². The van der Waals surface area contributed by atoms with E-state index in [1.54, 1.807) is 26.0 Å². The Kier molecular flexibility index (Phi) is 6.45. The molecule has 1 aliphatic carbocycles. The van der Waals surface area contributed by atoms with Gasteiger partial charge in [-0.1, -0.05) is 25.0 Å². The number of aryl methyl sites for hydroxylation is 2. The van der Waals surface area contributed by atoms with Crippen molar-refractivity contribution < 1.29 is 31.5 Å². The molecule has 0 atom stereocenters. The number of esters is 1. The SMILES string of the molecule is Cc1ccc(C)c(S(=O)(=O)C2(C(=O)OCC(=O)Nc3cc(F)ccc3F)CCCC2)c1. The van der Waals surface area contributed by atoms with Crippen LogP contribution in [-0.2, 0) is 24.2 Å². The largest absolute Gasteiger partial charge is 0.454 e. The topological polar surface area (TPSA) is 89.5 Å². The third-order valence-corrected chi connectivity index (χ3v) is 8.09. The molecule has 0 heterocycles. The van der Waals surface area contributed by atoms with Crippen LogP contribution in [0.2, 0.25) is 0 Å². The quantitative estimate of drug-likeness (QED) is 0.674. The number of carbonyl (C=O) groups excluding carboxylic acids is 2. The zero-order chi connectivity index (χ0) is 22.8. The lowest BCUT2D eigenvalue weighted by Crippen LogP contribution is -2.46. The predicted octanol–water partition coefficient (Wildman–Crippen LogP) is 3.85. The van der Waals surface area contributed by atoms with E-state index in [-0.39, 0.29) is 17.7 Å². The van der Waals surface area contributed by atoms with E-state index >= 15 is 0 Å². The second-order valence-electron chi connectivity index (χ2n) is 7.72. The van der Waals surface area contributed by atoms with Crippen molar-refractivity contribution >= 4 is 27.4 Å². The second kappa shape index (κ2) is 8.74. The molecule has 0 bridgehead atoms. The van der Waals surface area contributed by atoms with Gasteiger partial charge in [0.1, 0.15) is 11.6 Å². The van der Waals surface area contributed by atoms with Crippen molar-refractivity contribution in [2.45, 2.75) is 49.2 Å². The highest BCUT2D eigenvalue weighted by molar-refractivity contribution is 7.93. The molecule has 1 amide bonds. The lowest BCUT2D eigenvalue weighted by atomic mass is 10.1. The van der Waals surface area contributed by atoms with Gasteiger partial charge in [0, 0.05) is 6.07 Å². The molecule has 0 aliphatic heterocycles. The lowest BCUT2D eigenvalue weighted by Gasteiger charge is -2.27. The van der Waals surface area contributed by atoms with Crippen LogP contribution >= 0.6 is 0 Å². The molecule has 3 rings (SSSR count). The average Bonchev–Trinajstić information content (AvgIpc) is 3.22. The Morgan fingerprint density at radius 3 is 2.42 bits per heavy atom. The third kappa shape index (κ3) is 4.46. The third-order valence-electron chi connectivity index (χ3n) is 5.47. The summed E-state index contributed by atoms with van der Waals surface area (Å²) < 4.78 is 57.2. The van der Waals surface area contributed by atoms with Gasteiger partial charge in [0.05, 0.1) is 10.6 Å². The molecule has 0 saturated heterocycles. The summed E-state index contributed by atoms with van der Waals surface area (Å²) in [5.74, 6) is -3.53. The van der Waals surface area contributed by atoms with Crippen molar-refractivity contribution in [2.24, 2.45) is 0 Å². The summed E-state index contributed by atoms with van der Waals surface area (Å²) in [7, 11) is -4.09. The summed E-state index contributed by atoms with van der Waals surface area (Å²) in [5.41, 5.74) is 0.853. The summed E-state index contributed by atoms with van der Waals surface area (Å²) in [6.07, 6.45) is 1.23. The van der Waals surface area contributed by atoms with Gasteiger partial charge in [-0.3, -0.25) is 9.59 Å². The molecule has 0 spiro atoms. The van der Waals surface area contributed by atoms with Crippen molar-refractivity contribution in [2.75, 3.05) is 11.9 Å². The van der Waals surface area contributed by atoms with Gasteiger partial charge in [0.2, 0.25) is 0 Å². The van der Waals surface area contributed by atoms with Crippen molar-refractivity contribution in [3.8, 4) is 0 Å². The fourth-order valence-corrected chi connectivity index (χ4v) is 6.14. The van der Waals surface area contributed by atoms with Crippen LogP contribution in [0.25, 0.3) is 0 Å². The van der Waals surface area contributed by atoms with Gasteiger partial charge in [-0.05, 0) is 56.0 Å². The van der Waals surface area contributed by atoms with E-state index in [4.69, 9.17) is 4.74 Å². The first-order valence-corrected chi connectivity index (χ1v) is 11.3. The van der Waals surface area contributed by atoms with Crippen LogP contribution in [0.15, 0.2) is 41.3 Å². The number of hydrogen-bond donors (Lipinski definition) is 1. The number of sulfone groups is 1. The van der Waals surface area contributed by atoms with Crippen LogP contribution in [0.3, 0.4) is 0 Å². The molecule has 0 unspecified atom stereocenters. The van der Waals surface area contributed by atoms with Gasteiger partial charge in [-0.15, -0.1) is 0 Å². The molecule has 1 saturated carbocycles. The van der Waals surface area contributed by atoms with Crippen molar-refractivity contribution in [1.29, 1.82) is 0 Å². The number of ether oxygens (including phenoxy) is 1. The molecule has 1 aliphatic rings. The monoisotopic (exact) mass is 451 g/mol. The van der Waals surface area contributed by atoms with Gasteiger partial charge < -0.3 is 10.1 Å². The van der Waals surface area contributed by atoms with Crippen LogP contribution in [-0.4, -0.2) is 31.6 Å². The van der Waals surface area contributed by atoms with E-state index in [0.29, 0.717) is 18.4 Å². The van der Waals surface area contributed by atoms with Crippen LogP contribution in [0.5, 0.6) is 0 Å². The highest BCUT2D eigenvalue weighted by atomic mass is 32.2. The normalized spacial score (nSPS) is 15.5. The zero-order valence-corrected chi connectivity index (χ0v) is 18.0. The molecular formula is C22H23F2NO5S. The van der Waals surface area contributed by atoms with Gasteiger partial charge in [-0.25, -0.2) is 17.2 Å². The Balaban J connectivity index is 1.80. The Morgan fingerprint density at radius 1 is 1.06 bits per heavy atom. The summed E-state index contributed by atoms with van der Waals surface area (Å²) in [6, 6.07) is 7.52. The van der Waals surface area contributed by atoms with Gasteiger partial charge in [-0.2, -0.15) is 0 Å². The maximum atomic E-state index is 13.7. The first-order valence-electron chi connectivity index (χ1n) is 9.81. The predicted molar refractivity (Wildman–Crippen MR) is 110 cm³/mol. The smallest absolute Gasteiger partial charge is 0.328 e. The molecule has 0 radical (unpaired) electrons. The number of benzene rings is 2. The van der Waals surface area contributed by atoms with Crippen molar-refractivity contribution in [3.05, 3.63) is 59.2 Å². The second-order valence-corrected chi connectivity index (χ2v) is 9.95. The van der Waals surface area contributed by atoms with E-state index in [1.807, 2.05) is 0 Å². The summed E-state index contributed by atoms with van der Waals surface area (Å²) in [4.78, 5) is 25.1. The van der Waals surface area contributed by atoms with Crippen LogP contribution in [0.1, 0.15) is 36.8 Å². The van der Waals surface area contributed by atoms with Crippen LogP contribution in [0.4, 0.5) is 14.5 Å². The number of carbonyl (C=O) groups is 2. The Hall–Kier alpha value is -2.81. The number of rotatable bonds is 6. The Bertz CT molecular complexity index is 1120. The minimum atomic E-state index is -4.09. The number of nitrogens with one attached hydrogen (secondary N) is 1. The lowest BCUT2D eigenvalue weighted by molar-refractivity contribution is -0.149. The maximum Gasteiger partial charge on any atom is 0.328 e. The van der Waals surface area contributed by atoms with E-state index in [0.717, 1.165) is 23.8 Å².